The third-order valence-electron chi connectivity index (χ3n) is 6.28. The number of fused-ring (bicyclic) bond motifs is 1. The molecule has 38 heavy (non-hydrogen) atoms. The van der Waals surface area contributed by atoms with Gasteiger partial charge < -0.3 is 19.9 Å². The van der Waals surface area contributed by atoms with E-state index in [0.29, 0.717) is 55.4 Å². The summed E-state index contributed by atoms with van der Waals surface area (Å²) in [6.07, 6.45) is -3.44. The first-order valence-electron chi connectivity index (χ1n) is 11.9. The third-order valence-corrected chi connectivity index (χ3v) is 6.28. The van der Waals surface area contributed by atoms with Gasteiger partial charge in [-0.05, 0) is 42.0 Å². The van der Waals surface area contributed by atoms with Crippen LogP contribution in [0.4, 0.5) is 35.2 Å². The van der Waals surface area contributed by atoms with Crippen molar-refractivity contribution in [2.24, 2.45) is 10.2 Å². The second kappa shape index (κ2) is 10.5. The highest BCUT2D eigenvalue weighted by Crippen LogP contribution is 2.30. The van der Waals surface area contributed by atoms with Crippen LogP contribution in [-0.2, 0) is 24.1 Å². The summed E-state index contributed by atoms with van der Waals surface area (Å²) in [7, 11) is 0. The van der Waals surface area contributed by atoms with Crippen LogP contribution in [0.3, 0.4) is 0 Å². The molecule has 2 amide bonds. The summed E-state index contributed by atoms with van der Waals surface area (Å²) in [6.45, 7) is 2.25. The van der Waals surface area contributed by atoms with Crippen LogP contribution in [0.15, 0.2) is 71.0 Å². The second-order valence-electron chi connectivity index (χ2n) is 8.83. The fraction of sp³-hybridized carbons (Fsp3) is 0.269. The highest BCUT2D eigenvalue weighted by molar-refractivity contribution is 6.04. The Morgan fingerprint density at radius 2 is 1.74 bits per heavy atom. The van der Waals surface area contributed by atoms with Crippen LogP contribution >= 0.6 is 0 Å². The van der Waals surface area contributed by atoms with Crippen LogP contribution in [0.2, 0.25) is 0 Å². The van der Waals surface area contributed by atoms with Gasteiger partial charge in [0.15, 0.2) is 0 Å². The number of amides is 2. The standard InChI is InChI=1S/C26H23F3N6O3/c27-26(28,29)20-5-1-17(2-6-20)16-38-25(37)35-11-9-34(10-12-35)23-8-4-19(14-30-23)24(36)32-21-7-3-18-15-31-33-22(18)13-21/h1-8,13-14H,9-12,15-16H2,(H,32,36). The molecule has 0 saturated carbocycles. The number of pyridine rings is 1. The Morgan fingerprint density at radius 3 is 2.42 bits per heavy atom. The Balaban J connectivity index is 1.09. The summed E-state index contributed by atoms with van der Waals surface area (Å²) in [5, 5.41) is 10.8. The van der Waals surface area contributed by atoms with Crippen molar-refractivity contribution < 1.29 is 27.5 Å². The molecular formula is C26H23F3N6O3. The van der Waals surface area contributed by atoms with Gasteiger partial charge in [-0.25, -0.2) is 9.78 Å². The van der Waals surface area contributed by atoms with Crippen LogP contribution in [-0.4, -0.2) is 48.1 Å². The van der Waals surface area contributed by atoms with E-state index in [2.05, 4.69) is 20.5 Å². The zero-order valence-corrected chi connectivity index (χ0v) is 20.1. The molecule has 0 atom stereocenters. The maximum atomic E-state index is 12.7. The van der Waals surface area contributed by atoms with Gasteiger partial charge in [-0.15, -0.1) is 0 Å². The number of alkyl halides is 3. The molecule has 1 fully saturated rings. The molecule has 1 saturated heterocycles. The number of aromatic nitrogens is 1. The molecule has 3 aromatic rings. The average Bonchev–Trinajstić information content (AvgIpc) is 3.40. The SMILES string of the molecule is O=C(Nc1ccc2c(c1)N=NC2)c1ccc(N2CCN(C(=O)OCc3ccc(C(F)(F)F)cc3)CC2)nc1. The lowest BCUT2D eigenvalue weighted by atomic mass is 10.1. The molecule has 0 unspecified atom stereocenters. The monoisotopic (exact) mass is 524 g/mol. The second-order valence-corrected chi connectivity index (χ2v) is 8.83. The van der Waals surface area contributed by atoms with Crippen molar-refractivity contribution in [3.63, 3.8) is 0 Å². The van der Waals surface area contributed by atoms with E-state index in [9.17, 15) is 22.8 Å². The van der Waals surface area contributed by atoms with Crippen LogP contribution < -0.4 is 10.2 Å². The number of anilines is 2. The number of halogens is 3. The lowest BCUT2D eigenvalue weighted by molar-refractivity contribution is -0.137. The fourth-order valence-corrected chi connectivity index (χ4v) is 4.11. The van der Waals surface area contributed by atoms with Gasteiger partial charge in [0.05, 0.1) is 23.4 Å². The number of rotatable bonds is 5. The maximum Gasteiger partial charge on any atom is 0.416 e. The highest BCUT2D eigenvalue weighted by Gasteiger charge is 2.30. The third kappa shape index (κ3) is 5.74. The predicted octanol–water partition coefficient (Wildman–Crippen LogP) is 5.41. The van der Waals surface area contributed by atoms with E-state index in [-0.39, 0.29) is 12.5 Å². The van der Waals surface area contributed by atoms with Gasteiger partial charge in [0.25, 0.3) is 5.91 Å². The number of azo groups is 1. The van der Waals surface area contributed by atoms with Crippen molar-refractivity contribution in [3.05, 3.63) is 83.0 Å². The molecule has 0 bridgehead atoms. The number of carbonyl (C=O) groups excluding carboxylic acids is 2. The molecule has 3 heterocycles. The van der Waals surface area contributed by atoms with Crippen molar-refractivity contribution >= 4 is 29.2 Å². The fourth-order valence-electron chi connectivity index (χ4n) is 4.11. The Morgan fingerprint density at radius 1 is 0.974 bits per heavy atom. The van der Waals surface area contributed by atoms with E-state index >= 15 is 0 Å². The van der Waals surface area contributed by atoms with Crippen molar-refractivity contribution in [2.45, 2.75) is 19.3 Å². The molecule has 2 aliphatic rings. The van der Waals surface area contributed by atoms with Crippen LogP contribution in [0.5, 0.6) is 0 Å². The number of nitrogens with one attached hydrogen (secondary N) is 1. The van der Waals surface area contributed by atoms with Gasteiger partial charge in [-0.1, -0.05) is 18.2 Å². The molecule has 2 aromatic carbocycles. The number of nitrogens with zero attached hydrogens (tertiary/aromatic N) is 5. The Kier molecular flexibility index (Phi) is 6.95. The minimum Gasteiger partial charge on any atom is -0.445 e. The van der Waals surface area contributed by atoms with E-state index in [1.54, 1.807) is 23.1 Å². The summed E-state index contributed by atoms with van der Waals surface area (Å²) >= 11 is 0. The Hall–Kier alpha value is -4.48. The van der Waals surface area contributed by atoms with Crippen LogP contribution in [0.25, 0.3) is 0 Å². The van der Waals surface area contributed by atoms with Gasteiger partial charge in [-0.3, -0.25) is 4.79 Å². The molecule has 5 rings (SSSR count). The largest absolute Gasteiger partial charge is 0.445 e. The Bertz CT molecular complexity index is 1350. The summed E-state index contributed by atoms with van der Waals surface area (Å²) in [5.41, 5.74) is 2.51. The summed E-state index contributed by atoms with van der Waals surface area (Å²) in [4.78, 5) is 33.0. The molecule has 196 valence electrons. The lowest BCUT2D eigenvalue weighted by Gasteiger charge is -2.34. The smallest absolute Gasteiger partial charge is 0.416 e. The molecule has 2 aliphatic heterocycles. The highest BCUT2D eigenvalue weighted by atomic mass is 19.4. The number of carbonyl (C=O) groups is 2. The number of piperazine rings is 1. The minimum absolute atomic E-state index is 0.113. The average molecular weight is 525 g/mol. The molecular weight excluding hydrogens is 501 g/mol. The van der Waals surface area contributed by atoms with Crippen molar-refractivity contribution in [1.29, 1.82) is 0 Å². The lowest BCUT2D eigenvalue weighted by Crippen LogP contribution is -2.49. The molecule has 9 nitrogen and oxygen atoms in total. The number of hydrogen-bond acceptors (Lipinski definition) is 7. The molecule has 0 aliphatic carbocycles. The zero-order chi connectivity index (χ0) is 26.7. The van der Waals surface area contributed by atoms with E-state index in [0.717, 1.165) is 23.4 Å². The quantitative estimate of drug-likeness (QED) is 0.481. The van der Waals surface area contributed by atoms with E-state index in [1.807, 2.05) is 17.0 Å². The van der Waals surface area contributed by atoms with Gasteiger partial charge in [-0.2, -0.15) is 23.4 Å². The van der Waals surface area contributed by atoms with Crippen molar-refractivity contribution in [3.8, 4) is 0 Å². The van der Waals surface area contributed by atoms with Crippen LogP contribution in [0.1, 0.15) is 27.0 Å². The van der Waals surface area contributed by atoms with Gasteiger partial charge in [0.2, 0.25) is 0 Å². The van der Waals surface area contributed by atoms with Crippen molar-refractivity contribution in [2.75, 3.05) is 36.4 Å². The first-order valence-corrected chi connectivity index (χ1v) is 11.9. The molecule has 0 radical (unpaired) electrons. The van der Waals surface area contributed by atoms with E-state index < -0.39 is 17.8 Å². The topological polar surface area (TPSA) is 99.5 Å². The summed E-state index contributed by atoms with van der Waals surface area (Å²) in [6, 6.07) is 13.4. The number of hydrogen-bond donors (Lipinski definition) is 1. The van der Waals surface area contributed by atoms with E-state index in [4.69, 9.17) is 4.74 Å². The zero-order valence-electron chi connectivity index (χ0n) is 20.1. The molecule has 0 spiro atoms. The van der Waals surface area contributed by atoms with E-state index in [1.165, 1.54) is 18.3 Å². The van der Waals surface area contributed by atoms with Crippen LogP contribution in [0, 0.1) is 0 Å². The molecule has 1 aromatic heterocycles. The van der Waals surface area contributed by atoms with Gasteiger partial charge in [0.1, 0.15) is 12.4 Å². The van der Waals surface area contributed by atoms with Gasteiger partial charge >= 0.3 is 12.3 Å². The molecule has 12 heteroatoms. The molecule has 1 N–H and O–H groups in total. The number of benzene rings is 2. The predicted molar refractivity (Wildman–Crippen MR) is 132 cm³/mol. The first kappa shape index (κ1) is 25.2. The number of ether oxygens (including phenoxy) is 1. The first-order chi connectivity index (χ1) is 18.3. The van der Waals surface area contributed by atoms with Gasteiger partial charge in [0, 0.05) is 43.6 Å². The Labute approximate surface area is 215 Å². The van der Waals surface area contributed by atoms with Crippen molar-refractivity contribution in [1.82, 2.24) is 9.88 Å². The minimum atomic E-state index is -4.41. The maximum absolute atomic E-state index is 12.7. The summed E-state index contributed by atoms with van der Waals surface area (Å²) < 4.78 is 43.3. The normalized spacial score (nSPS) is 14.8. The summed E-state index contributed by atoms with van der Waals surface area (Å²) in [5.74, 6) is 0.386.